The first-order valence-electron chi connectivity index (χ1n) is 9.49. The van der Waals surface area contributed by atoms with Crippen LogP contribution in [0.5, 0.6) is 0 Å². The predicted molar refractivity (Wildman–Crippen MR) is 93.5 cm³/mol. The Labute approximate surface area is 144 Å². The number of benzene rings is 1. The van der Waals surface area contributed by atoms with E-state index in [1.54, 1.807) is 0 Å². The molecule has 0 radical (unpaired) electrons. The molecule has 3 atom stereocenters. The van der Waals surface area contributed by atoms with Crippen LogP contribution in [0.25, 0.3) is 0 Å². The van der Waals surface area contributed by atoms with Crippen molar-refractivity contribution in [3.8, 4) is 0 Å². The first kappa shape index (κ1) is 16.1. The summed E-state index contributed by atoms with van der Waals surface area (Å²) in [6.07, 6.45) is 5.69. The predicted octanol–water partition coefficient (Wildman–Crippen LogP) is 2.68. The molecule has 1 amide bonds. The number of likely N-dealkylation sites (tertiary alicyclic amines) is 2. The zero-order valence-electron chi connectivity index (χ0n) is 14.4. The molecule has 3 fully saturated rings. The largest absolute Gasteiger partial charge is 0.381 e. The van der Waals surface area contributed by atoms with Gasteiger partial charge in [-0.1, -0.05) is 30.3 Å². The maximum absolute atomic E-state index is 12.9. The van der Waals surface area contributed by atoms with Crippen molar-refractivity contribution in [3.05, 3.63) is 35.9 Å². The van der Waals surface area contributed by atoms with Gasteiger partial charge in [-0.15, -0.1) is 0 Å². The topological polar surface area (TPSA) is 32.8 Å². The lowest BCUT2D eigenvalue weighted by Crippen LogP contribution is -2.49. The molecule has 1 aromatic carbocycles. The summed E-state index contributed by atoms with van der Waals surface area (Å²) in [6.45, 7) is 4.48. The van der Waals surface area contributed by atoms with Crippen molar-refractivity contribution in [1.29, 1.82) is 0 Å². The van der Waals surface area contributed by atoms with Gasteiger partial charge < -0.3 is 9.64 Å². The van der Waals surface area contributed by atoms with Gasteiger partial charge in [-0.2, -0.15) is 0 Å². The molecule has 0 N–H and O–H groups in total. The SMILES string of the molecule is O=C([C@@H]1CCOC1)N1CCC[C@H]1[C@H]1CCCN1Cc1ccccc1. The molecule has 4 nitrogen and oxygen atoms in total. The molecule has 3 aliphatic heterocycles. The molecule has 0 aromatic heterocycles. The summed E-state index contributed by atoms with van der Waals surface area (Å²) in [4.78, 5) is 17.7. The Bertz CT molecular complexity index is 556. The molecule has 4 rings (SSSR count). The van der Waals surface area contributed by atoms with Crippen LogP contribution >= 0.6 is 0 Å². The molecule has 3 aliphatic rings. The van der Waals surface area contributed by atoms with Gasteiger partial charge in [0.2, 0.25) is 5.91 Å². The molecule has 0 bridgehead atoms. The highest BCUT2D eigenvalue weighted by Gasteiger charge is 2.41. The second-order valence-electron chi connectivity index (χ2n) is 7.47. The zero-order chi connectivity index (χ0) is 16.4. The summed E-state index contributed by atoms with van der Waals surface area (Å²) in [7, 11) is 0. The van der Waals surface area contributed by atoms with Crippen molar-refractivity contribution in [2.45, 2.75) is 50.7 Å². The summed E-state index contributed by atoms with van der Waals surface area (Å²) < 4.78 is 5.44. The van der Waals surface area contributed by atoms with Gasteiger partial charge in [0.15, 0.2) is 0 Å². The van der Waals surface area contributed by atoms with Gasteiger partial charge in [0.1, 0.15) is 0 Å². The second kappa shape index (κ2) is 7.24. The van der Waals surface area contributed by atoms with E-state index in [2.05, 4.69) is 40.1 Å². The molecule has 24 heavy (non-hydrogen) atoms. The van der Waals surface area contributed by atoms with E-state index in [4.69, 9.17) is 4.74 Å². The van der Waals surface area contributed by atoms with Gasteiger partial charge in [-0.25, -0.2) is 0 Å². The number of hydrogen-bond acceptors (Lipinski definition) is 3. The zero-order valence-corrected chi connectivity index (χ0v) is 14.4. The van der Waals surface area contributed by atoms with Gasteiger partial charge in [0.25, 0.3) is 0 Å². The minimum atomic E-state index is 0.106. The van der Waals surface area contributed by atoms with Crippen LogP contribution in [0.3, 0.4) is 0 Å². The number of rotatable bonds is 4. The Hall–Kier alpha value is -1.39. The monoisotopic (exact) mass is 328 g/mol. The average molecular weight is 328 g/mol. The fraction of sp³-hybridized carbons (Fsp3) is 0.650. The van der Waals surface area contributed by atoms with Crippen molar-refractivity contribution >= 4 is 5.91 Å². The van der Waals surface area contributed by atoms with Crippen molar-refractivity contribution in [2.75, 3.05) is 26.3 Å². The van der Waals surface area contributed by atoms with E-state index >= 15 is 0 Å². The summed E-state index contributed by atoms with van der Waals surface area (Å²) in [5.74, 6) is 0.455. The summed E-state index contributed by atoms with van der Waals surface area (Å²) >= 11 is 0. The van der Waals surface area contributed by atoms with Gasteiger partial charge in [-0.05, 0) is 44.2 Å². The fourth-order valence-electron chi connectivity index (χ4n) is 4.73. The standard InChI is InChI=1S/C20H28N2O2/c23-20(17-10-13-24-15-17)22-12-5-9-19(22)18-8-4-11-21(18)14-16-6-2-1-3-7-16/h1-3,6-7,17-19H,4-5,8-15H2/t17-,18-,19+/m1/s1. The first-order chi connectivity index (χ1) is 11.8. The Kier molecular flexibility index (Phi) is 4.86. The maximum Gasteiger partial charge on any atom is 0.228 e. The lowest BCUT2D eigenvalue weighted by atomic mass is 10.0. The molecule has 0 spiro atoms. The van der Waals surface area contributed by atoms with Crippen molar-refractivity contribution in [1.82, 2.24) is 9.80 Å². The van der Waals surface area contributed by atoms with Crippen LogP contribution < -0.4 is 0 Å². The number of carbonyl (C=O) groups is 1. The third kappa shape index (κ3) is 3.22. The molecular weight excluding hydrogens is 300 g/mol. The van der Waals surface area contributed by atoms with Crippen LogP contribution in [0, 0.1) is 5.92 Å². The molecule has 0 unspecified atom stereocenters. The van der Waals surface area contributed by atoms with E-state index in [9.17, 15) is 4.79 Å². The van der Waals surface area contributed by atoms with Gasteiger partial charge in [-0.3, -0.25) is 9.69 Å². The first-order valence-corrected chi connectivity index (χ1v) is 9.49. The molecule has 0 saturated carbocycles. The Balaban J connectivity index is 1.45. The van der Waals surface area contributed by atoms with Gasteiger partial charge in [0.05, 0.1) is 12.5 Å². The van der Waals surface area contributed by atoms with Crippen molar-refractivity contribution < 1.29 is 9.53 Å². The van der Waals surface area contributed by atoms with Crippen molar-refractivity contribution in [3.63, 3.8) is 0 Å². The van der Waals surface area contributed by atoms with Gasteiger partial charge in [0, 0.05) is 31.8 Å². The lowest BCUT2D eigenvalue weighted by molar-refractivity contribution is -0.137. The van der Waals surface area contributed by atoms with E-state index in [0.717, 1.165) is 45.5 Å². The number of ether oxygens (including phenoxy) is 1. The minimum Gasteiger partial charge on any atom is -0.381 e. The van der Waals surface area contributed by atoms with Crippen LogP contribution in [-0.2, 0) is 16.1 Å². The molecule has 4 heteroatoms. The highest BCUT2D eigenvalue weighted by Crippen LogP contribution is 2.32. The summed E-state index contributed by atoms with van der Waals surface area (Å²) in [5.41, 5.74) is 1.38. The number of amides is 1. The van der Waals surface area contributed by atoms with E-state index in [1.807, 2.05) is 0 Å². The van der Waals surface area contributed by atoms with E-state index < -0.39 is 0 Å². The van der Waals surface area contributed by atoms with Crippen LogP contribution in [0.1, 0.15) is 37.7 Å². The Morgan fingerprint density at radius 2 is 1.83 bits per heavy atom. The Morgan fingerprint density at radius 1 is 1.04 bits per heavy atom. The number of hydrogen-bond donors (Lipinski definition) is 0. The quantitative estimate of drug-likeness (QED) is 0.852. The van der Waals surface area contributed by atoms with Crippen LogP contribution in [-0.4, -0.2) is 54.1 Å². The molecular formula is C20H28N2O2. The van der Waals surface area contributed by atoms with Crippen LogP contribution in [0.2, 0.25) is 0 Å². The normalized spacial score (nSPS) is 31.0. The highest BCUT2D eigenvalue weighted by atomic mass is 16.5. The number of nitrogens with zero attached hydrogens (tertiary/aromatic N) is 2. The minimum absolute atomic E-state index is 0.106. The van der Waals surface area contributed by atoms with E-state index in [0.29, 0.717) is 24.6 Å². The third-order valence-corrected chi connectivity index (χ3v) is 5.95. The fourth-order valence-corrected chi connectivity index (χ4v) is 4.73. The molecule has 1 aromatic rings. The smallest absolute Gasteiger partial charge is 0.228 e. The Morgan fingerprint density at radius 3 is 2.62 bits per heavy atom. The molecule has 3 saturated heterocycles. The summed E-state index contributed by atoms with van der Waals surface area (Å²) in [6, 6.07) is 11.7. The lowest BCUT2D eigenvalue weighted by Gasteiger charge is -2.36. The third-order valence-electron chi connectivity index (χ3n) is 5.95. The van der Waals surface area contributed by atoms with Crippen LogP contribution in [0.15, 0.2) is 30.3 Å². The molecule has 130 valence electrons. The summed E-state index contributed by atoms with van der Waals surface area (Å²) in [5, 5.41) is 0. The van der Waals surface area contributed by atoms with E-state index in [-0.39, 0.29) is 5.92 Å². The van der Waals surface area contributed by atoms with Crippen LogP contribution in [0.4, 0.5) is 0 Å². The van der Waals surface area contributed by atoms with Gasteiger partial charge >= 0.3 is 0 Å². The highest BCUT2D eigenvalue weighted by molar-refractivity contribution is 5.80. The molecule has 0 aliphatic carbocycles. The van der Waals surface area contributed by atoms with E-state index in [1.165, 1.54) is 18.4 Å². The average Bonchev–Trinajstić information content (AvgIpc) is 3.36. The maximum atomic E-state index is 12.9. The molecule has 3 heterocycles. The number of carbonyl (C=O) groups excluding carboxylic acids is 1. The second-order valence-corrected chi connectivity index (χ2v) is 7.47. The van der Waals surface area contributed by atoms with Crippen molar-refractivity contribution in [2.24, 2.45) is 5.92 Å².